The molecule has 142 valence electrons. The van der Waals surface area contributed by atoms with Crippen LogP contribution in [0.2, 0.25) is 0 Å². The molecular formula is C18H19N3O5S. The van der Waals surface area contributed by atoms with Crippen molar-refractivity contribution in [1.82, 2.24) is 4.31 Å². The lowest BCUT2D eigenvalue weighted by atomic mass is 10.1. The maximum absolute atomic E-state index is 13.0. The monoisotopic (exact) mass is 389 g/mol. The lowest BCUT2D eigenvalue weighted by Crippen LogP contribution is -2.29. The Kier molecular flexibility index (Phi) is 4.75. The first kappa shape index (κ1) is 19.0. The number of non-ortho nitro benzene ring substituents is 1. The molecule has 0 N–H and O–H groups in total. The van der Waals surface area contributed by atoms with E-state index in [-0.39, 0.29) is 22.1 Å². The van der Waals surface area contributed by atoms with Crippen LogP contribution in [0.15, 0.2) is 41.3 Å². The van der Waals surface area contributed by atoms with E-state index in [9.17, 15) is 23.3 Å². The smallest absolute Gasteiger partial charge is 0.271 e. The first-order valence-electron chi connectivity index (χ1n) is 8.25. The molecule has 0 aromatic heterocycles. The van der Waals surface area contributed by atoms with Gasteiger partial charge in [-0.1, -0.05) is 12.1 Å². The van der Waals surface area contributed by atoms with Crippen LogP contribution in [0.25, 0.3) is 0 Å². The summed E-state index contributed by atoms with van der Waals surface area (Å²) in [4.78, 5) is 25.1. The van der Waals surface area contributed by atoms with Gasteiger partial charge in [0.2, 0.25) is 10.0 Å². The van der Waals surface area contributed by atoms with Crippen molar-refractivity contribution >= 4 is 27.3 Å². The number of rotatable bonds is 4. The number of nitro benzene ring substituents is 1. The number of fused-ring (bicyclic) bond motifs is 1. The molecule has 9 heteroatoms. The van der Waals surface area contributed by atoms with Gasteiger partial charge in [0, 0.05) is 38.3 Å². The number of sulfonamides is 1. The third-order valence-corrected chi connectivity index (χ3v) is 6.57. The van der Waals surface area contributed by atoms with Crippen LogP contribution < -0.4 is 4.90 Å². The Labute approximate surface area is 157 Å². The summed E-state index contributed by atoms with van der Waals surface area (Å²) in [6, 6.07) is 8.97. The summed E-state index contributed by atoms with van der Waals surface area (Å²) in [5, 5.41) is 11.0. The minimum atomic E-state index is -3.69. The molecule has 0 radical (unpaired) electrons. The molecule has 0 fully saturated rings. The quantitative estimate of drug-likeness (QED) is 0.590. The molecule has 1 amide bonds. The largest absolute Gasteiger partial charge is 0.307 e. The Morgan fingerprint density at radius 3 is 2.52 bits per heavy atom. The standard InChI is InChI=1S/C18H19N3O5S/c1-12-4-5-14(10-17(12)27(25,26)19(2)3)18(22)20-9-8-13-6-7-15(21(23)24)11-16(13)20/h4-7,10-11H,8-9H2,1-3H3. The second kappa shape index (κ2) is 6.75. The van der Waals surface area contributed by atoms with Crippen LogP contribution in [0.3, 0.4) is 0 Å². The summed E-state index contributed by atoms with van der Waals surface area (Å²) in [5.74, 6) is -0.385. The highest BCUT2D eigenvalue weighted by Crippen LogP contribution is 2.33. The van der Waals surface area contributed by atoms with Crippen molar-refractivity contribution < 1.29 is 18.1 Å². The van der Waals surface area contributed by atoms with Gasteiger partial charge in [0.1, 0.15) is 0 Å². The number of carbonyl (C=O) groups is 1. The Balaban J connectivity index is 2.02. The maximum atomic E-state index is 13.0. The molecule has 27 heavy (non-hydrogen) atoms. The second-order valence-corrected chi connectivity index (χ2v) is 8.66. The van der Waals surface area contributed by atoms with Crippen molar-refractivity contribution in [3.8, 4) is 0 Å². The highest BCUT2D eigenvalue weighted by Gasteiger charge is 2.29. The predicted octanol–water partition coefficient (Wildman–Crippen LogP) is 2.36. The van der Waals surface area contributed by atoms with Gasteiger partial charge >= 0.3 is 0 Å². The lowest BCUT2D eigenvalue weighted by molar-refractivity contribution is -0.384. The number of benzene rings is 2. The second-order valence-electron chi connectivity index (χ2n) is 6.54. The molecular weight excluding hydrogens is 370 g/mol. The molecule has 0 saturated carbocycles. The highest BCUT2D eigenvalue weighted by molar-refractivity contribution is 7.89. The molecule has 2 aromatic rings. The van der Waals surface area contributed by atoms with Gasteiger partial charge in [-0.25, -0.2) is 12.7 Å². The average molecular weight is 389 g/mol. The summed E-state index contributed by atoms with van der Waals surface area (Å²) < 4.78 is 26.1. The average Bonchev–Trinajstić information content (AvgIpc) is 3.04. The van der Waals surface area contributed by atoms with E-state index in [2.05, 4.69) is 0 Å². The first-order chi connectivity index (χ1) is 12.6. The zero-order valence-corrected chi connectivity index (χ0v) is 16.0. The normalized spacial score (nSPS) is 13.7. The Hall–Kier alpha value is -2.78. The number of carbonyl (C=O) groups excluding carboxylic acids is 1. The van der Waals surface area contributed by atoms with Gasteiger partial charge in [-0.05, 0) is 36.6 Å². The van der Waals surface area contributed by atoms with Gasteiger partial charge in [0.15, 0.2) is 0 Å². The fourth-order valence-electron chi connectivity index (χ4n) is 3.06. The van der Waals surface area contributed by atoms with Crippen molar-refractivity contribution in [1.29, 1.82) is 0 Å². The van der Waals surface area contributed by atoms with Gasteiger partial charge in [-0.2, -0.15) is 0 Å². The number of nitro groups is 1. The van der Waals surface area contributed by atoms with E-state index in [4.69, 9.17) is 0 Å². The molecule has 1 aliphatic rings. The first-order valence-corrected chi connectivity index (χ1v) is 9.69. The topological polar surface area (TPSA) is 101 Å². The summed E-state index contributed by atoms with van der Waals surface area (Å²) in [6.07, 6.45) is 0.591. The van der Waals surface area contributed by atoms with E-state index in [1.807, 2.05) is 0 Å². The SMILES string of the molecule is Cc1ccc(C(=O)N2CCc3ccc([N+](=O)[O-])cc32)cc1S(=O)(=O)N(C)C. The van der Waals surface area contributed by atoms with Gasteiger partial charge < -0.3 is 4.90 Å². The molecule has 0 unspecified atom stereocenters. The summed E-state index contributed by atoms with van der Waals surface area (Å²) in [5.41, 5.74) is 2.01. The van der Waals surface area contributed by atoms with Crippen molar-refractivity contribution in [2.75, 3.05) is 25.5 Å². The van der Waals surface area contributed by atoms with E-state index in [0.717, 1.165) is 9.87 Å². The summed E-state index contributed by atoms with van der Waals surface area (Å²) in [6.45, 7) is 2.05. The number of nitrogens with zero attached hydrogens (tertiary/aromatic N) is 3. The fraction of sp³-hybridized carbons (Fsp3) is 0.278. The zero-order valence-electron chi connectivity index (χ0n) is 15.2. The number of amides is 1. The van der Waals surface area contributed by atoms with Crippen LogP contribution in [-0.4, -0.2) is 44.2 Å². The van der Waals surface area contributed by atoms with Gasteiger partial charge in [0.25, 0.3) is 11.6 Å². The Morgan fingerprint density at radius 2 is 1.89 bits per heavy atom. The number of hydrogen-bond donors (Lipinski definition) is 0. The van der Waals surface area contributed by atoms with Crippen molar-refractivity contribution in [2.45, 2.75) is 18.2 Å². The molecule has 0 atom stereocenters. The third-order valence-electron chi connectivity index (χ3n) is 4.61. The van der Waals surface area contributed by atoms with Crippen molar-refractivity contribution in [2.24, 2.45) is 0 Å². The number of aryl methyl sites for hydroxylation is 1. The minimum Gasteiger partial charge on any atom is -0.307 e. The Morgan fingerprint density at radius 1 is 1.19 bits per heavy atom. The summed E-state index contributed by atoms with van der Waals surface area (Å²) in [7, 11) is -0.833. The van der Waals surface area contributed by atoms with Crippen LogP contribution in [0.4, 0.5) is 11.4 Å². The zero-order chi connectivity index (χ0) is 19.9. The predicted molar refractivity (Wildman–Crippen MR) is 101 cm³/mol. The molecule has 1 aliphatic heterocycles. The highest BCUT2D eigenvalue weighted by atomic mass is 32.2. The molecule has 0 saturated heterocycles. The van der Waals surface area contributed by atoms with Gasteiger partial charge in [0.05, 0.1) is 15.5 Å². The molecule has 1 heterocycles. The molecule has 8 nitrogen and oxygen atoms in total. The molecule has 0 spiro atoms. The van der Waals surface area contributed by atoms with E-state index < -0.39 is 14.9 Å². The van der Waals surface area contributed by atoms with E-state index in [0.29, 0.717) is 24.2 Å². The molecule has 3 rings (SSSR count). The van der Waals surface area contributed by atoms with Crippen LogP contribution in [0, 0.1) is 17.0 Å². The van der Waals surface area contributed by atoms with E-state index in [1.54, 1.807) is 25.1 Å². The number of anilines is 1. The van der Waals surface area contributed by atoms with Gasteiger partial charge in [-0.3, -0.25) is 14.9 Å². The van der Waals surface area contributed by atoms with Crippen molar-refractivity contribution in [3.05, 3.63) is 63.2 Å². The van der Waals surface area contributed by atoms with Crippen LogP contribution in [0.5, 0.6) is 0 Å². The van der Waals surface area contributed by atoms with Crippen LogP contribution in [-0.2, 0) is 16.4 Å². The summed E-state index contributed by atoms with van der Waals surface area (Å²) >= 11 is 0. The lowest BCUT2D eigenvalue weighted by Gasteiger charge is -2.19. The maximum Gasteiger partial charge on any atom is 0.271 e. The number of hydrogen-bond acceptors (Lipinski definition) is 5. The molecule has 0 bridgehead atoms. The molecule has 2 aromatic carbocycles. The van der Waals surface area contributed by atoms with E-state index >= 15 is 0 Å². The molecule has 0 aliphatic carbocycles. The van der Waals surface area contributed by atoms with Gasteiger partial charge in [-0.15, -0.1) is 0 Å². The minimum absolute atomic E-state index is 0.0665. The third kappa shape index (κ3) is 3.31. The Bertz CT molecular complexity index is 1050. The van der Waals surface area contributed by atoms with E-state index in [1.165, 1.54) is 37.2 Å². The van der Waals surface area contributed by atoms with Crippen molar-refractivity contribution in [3.63, 3.8) is 0 Å². The van der Waals surface area contributed by atoms with Crippen LogP contribution >= 0.6 is 0 Å². The fourth-order valence-corrected chi connectivity index (χ4v) is 4.20. The van der Waals surface area contributed by atoms with Crippen LogP contribution in [0.1, 0.15) is 21.5 Å².